The molecule has 13 aromatic rings. The highest BCUT2D eigenvalue weighted by Crippen LogP contribution is 2.41. The van der Waals surface area contributed by atoms with Crippen LogP contribution in [0, 0.1) is 0 Å². The topological polar surface area (TPSA) is 9.86 Å². The van der Waals surface area contributed by atoms with Gasteiger partial charge in [-0.15, -0.1) is 0 Å². The van der Waals surface area contributed by atoms with E-state index in [-0.39, 0.29) is 0 Å². The molecule has 0 atom stereocenters. The third-order valence-corrected chi connectivity index (χ3v) is 14.8. The largest absolute Gasteiger partial charge is 0.309 e. The SMILES string of the molecule is C1=c2cccc(-c3ccc4c5ccccc5n(-c5ccc(-c6ccccc6-c6ccccc6-c6ccc(-n7c8ccccc8c8ccc(-c9cccc%10ccccc9%10)cc87)cc6)cc5)c4c3)c2=CCC1. The average molecular weight is 891 g/mol. The third kappa shape index (κ3) is 6.49. The van der Waals surface area contributed by atoms with Crippen molar-refractivity contribution in [2.24, 2.45) is 0 Å². The maximum absolute atomic E-state index is 2.44. The van der Waals surface area contributed by atoms with Crippen molar-refractivity contribution in [3.05, 3.63) is 253 Å². The average Bonchev–Trinajstić information content (AvgIpc) is 3.95. The predicted octanol–water partition coefficient (Wildman–Crippen LogP) is 16.7. The monoisotopic (exact) mass is 890 g/mol. The van der Waals surface area contributed by atoms with Crippen LogP contribution < -0.4 is 10.4 Å². The minimum absolute atomic E-state index is 1.08. The number of aromatic nitrogens is 2. The molecule has 0 aliphatic heterocycles. The van der Waals surface area contributed by atoms with Gasteiger partial charge in [-0.3, -0.25) is 0 Å². The molecule has 0 N–H and O–H groups in total. The van der Waals surface area contributed by atoms with E-state index >= 15 is 0 Å². The first-order valence-electron chi connectivity index (χ1n) is 24.5. The summed E-state index contributed by atoms with van der Waals surface area (Å²) >= 11 is 0. The molecule has 0 spiro atoms. The minimum atomic E-state index is 1.08. The molecule has 2 heteroatoms. The number of hydrogen-bond acceptors (Lipinski definition) is 0. The molecule has 2 aromatic heterocycles. The summed E-state index contributed by atoms with van der Waals surface area (Å²) < 4.78 is 4.87. The minimum Gasteiger partial charge on any atom is -0.309 e. The molecule has 0 saturated heterocycles. The smallest absolute Gasteiger partial charge is 0.0547 e. The number of rotatable bonds is 7. The Labute approximate surface area is 406 Å². The molecule has 14 rings (SSSR count). The summed E-state index contributed by atoms with van der Waals surface area (Å²) in [6, 6.07) is 89.6. The molecule has 0 amide bonds. The van der Waals surface area contributed by atoms with E-state index in [2.05, 4.69) is 264 Å². The summed E-state index contributed by atoms with van der Waals surface area (Å²) in [5.41, 5.74) is 19.3. The standard InChI is InChI=1S/C68H46N2/c1-3-19-53-45(15-1)17-13-27-57(53)49-35-41-63-61-25-9-11-29-65(61)69(67(63)43-49)51-37-31-47(32-38-51)55-21-5-7-23-59(55)60-24-8-6-22-56(60)48-33-39-52(40-34-48)70-66-30-12-10-26-62(66)64-42-36-50(44-68(64)70)58-28-14-18-46-16-2-4-20-54(46)58/h1,3,5-44H,2,4H2. The van der Waals surface area contributed by atoms with Crippen LogP contribution in [0.5, 0.6) is 0 Å². The molecular formula is C68H46N2. The predicted molar refractivity (Wildman–Crippen MR) is 297 cm³/mol. The van der Waals surface area contributed by atoms with Gasteiger partial charge in [0.2, 0.25) is 0 Å². The normalized spacial score (nSPS) is 12.4. The lowest BCUT2D eigenvalue weighted by atomic mass is 9.89. The van der Waals surface area contributed by atoms with Crippen molar-refractivity contribution >= 4 is 66.5 Å². The number of benzene rings is 11. The fourth-order valence-corrected chi connectivity index (χ4v) is 11.5. The zero-order valence-corrected chi connectivity index (χ0v) is 38.6. The highest BCUT2D eigenvalue weighted by molar-refractivity contribution is 6.12. The van der Waals surface area contributed by atoms with E-state index < -0.39 is 0 Å². The van der Waals surface area contributed by atoms with E-state index in [1.54, 1.807) is 0 Å². The maximum Gasteiger partial charge on any atom is 0.0547 e. The van der Waals surface area contributed by atoms with Gasteiger partial charge in [0.05, 0.1) is 22.1 Å². The molecule has 2 nitrogen and oxygen atoms in total. The van der Waals surface area contributed by atoms with Gasteiger partial charge in [0, 0.05) is 32.9 Å². The fourth-order valence-electron chi connectivity index (χ4n) is 11.5. The summed E-state index contributed by atoms with van der Waals surface area (Å²) in [4.78, 5) is 0. The van der Waals surface area contributed by atoms with Crippen molar-refractivity contribution in [2.45, 2.75) is 12.8 Å². The highest BCUT2D eigenvalue weighted by Gasteiger charge is 2.18. The lowest BCUT2D eigenvalue weighted by molar-refractivity contribution is 1.12. The van der Waals surface area contributed by atoms with Gasteiger partial charge in [0.25, 0.3) is 0 Å². The van der Waals surface area contributed by atoms with Crippen LogP contribution in [-0.4, -0.2) is 9.13 Å². The van der Waals surface area contributed by atoms with E-state index in [4.69, 9.17) is 0 Å². The molecule has 70 heavy (non-hydrogen) atoms. The Bertz CT molecular complexity index is 4330. The summed E-state index contributed by atoms with van der Waals surface area (Å²) in [6.07, 6.45) is 6.97. The zero-order chi connectivity index (χ0) is 46.1. The molecule has 0 unspecified atom stereocenters. The molecule has 11 aromatic carbocycles. The lowest BCUT2D eigenvalue weighted by Gasteiger charge is -2.16. The van der Waals surface area contributed by atoms with Crippen molar-refractivity contribution in [1.29, 1.82) is 0 Å². The Morgan fingerprint density at radius 1 is 0.257 bits per heavy atom. The molecule has 0 bridgehead atoms. The summed E-state index contributed by atoms with van der Waals surface area (Å²) in [5.74, 6) is 0. The quantitative estimate of drug-likeness (QED) is 0.151. The van der Waals surface area contributed by atoms with Crippen molar-refractivity contribution in [3.63, 3.8) is 0 Å². The van der Waals surface area contributed by atoms with E-state index in [0.717, 1.165) is 24.2 Å². The van der Waals surface area contributed by atoms with Crippen LogP contribution in [0.2, 0.25) is 0 Å². The number of nitrogens with zero attached hydrogens (tertiary/aromatic N) is 2. The van der Waals surface area contributed by atoms with Gasteiger partial charge in [-0.2, -0.15) is 0 Å². The summed E-state index contributed by atoms with van der Waals surface area (Å²) in [6.45, 7) is 0. The molecule has 0 saturated carbocycles. The number of hydrogen-bond donors (Lipinski definition) is 0. The molecule has 0 fully saturated rings. The van der Waals surface area contributed by atoms with E-state index in [9.17, 15) is 0 Å². The highest BCUT2D eigenvalue weighted by atomic mass is 15.0. The van der Waals surface area contributed by atoms with E-state index in [1.165, 1.54) is 120 Å². The zero-order valence-electron chi connectivity index (χ0n) is 38.6. The van der Waals surface area contributed by atoms with Crippen molar-refractivity contribution in [3.8, 4) is 67.0 Å². The maximum atomic E-state index is 2.44. The molecular weight excluding hydrogens is 845 g/mol. The van der Waals surface area contributed by atoms with Gasteiger partial charge >= 0.3 is 0 Å². The second-order valence-electron chi connectivity index (χ2n) is 18.7. The van der Waals surface area contributed by atoms with Crippen LogP contribution in [0.3, 0.4) is 0 Å². The van der Waals surface area contributed by atoms with Gasteiger partial charge in [-0.25, -0.2) is 0 Å². The van der Waals surface area contributed by atoms with Crippen LogP contribution >= 0.6 is 0 Å². The summed E-state index contributed by atoms with van der Waals surface area (Å²) in [5, 5.41) is 10.2. The Balaban J connectivity index is 0.833. The first-order chi connectivity index (χ1) is 34.7. The number of fused-ring (bicyclic) bond motifs is 8. The second kappa shape index (κ2) is 16.4. The van der Waals surface area contributed by atoms with Crippen molar-refractivity contribution in [1.82, 2.24) is 9.13 Å². The van der Waals surface area contributed by atoms with Crippen molar-refractivity contribution in [2.75, 3.05) is 0 Å². The van der Waals surface area contributed by atoms with Gasteiger partial charge in [0.1, 0.15) is 0 Å². The van der Waals surface area contributed by atoms with Crippen LogP contribution in [0.4, 0.5) is 0 Å². The number of para-hydroxylation sites is 2. The second-order valence-corrected chi connectivity index (χ2v) is 18.7. The first kappa shape index (κ1) is 40.1. The first-order valence-corrected chi connectivity index (χ1v) is 24.5. The molecule has 0 radical (unpaired) electrons. The lowest BCUT2D eigenvalue weighted by Crippen LogP contribution is -2.28. The van der Waals surface area contributed by atoms with E-state index in [1.807, 2.05) is 0 Å². The molecule has 1 aliphatic carbocycles. The van der Waals surface area contributed by atoms with Gasteiger partial charge in [-0.1, -0.05) is 206 Å². The molecule has 1 aliphatic rings. The Kier molecular flexibility index (Phi) is 9.38. The van der Waals surface area contributed by atoms with Gasteiger partial charge in [0.15, 0.2) is 0 Å². The molecule has 328 valence electrons. The van der Waals surface area contributed by atoms with Crippen LogP contribution in [0.15, 0.2) is 243 Å². The Morgan fingerprint density at radius 3 is 1.27 bits per heavy atom. The Hall–Kier alpha value is -8.98. The molecule has 2 heterocycles. The van der Waals surface area contributed by atoms with Crippen LogP contribution in [-0.2, 0) is 0 Å². The van der Waals surface area contributed by atoms with E-state index in [0.29, 0.717) is 0 Å². The Morgan fingerprint density at radius 2 is 0.671 bits per heavy atom. The summed E-state index contributed by atoms with van der Waals surface area (Å²) in [7, 11) is 0. The van der Waals surface area contributed by atoms with Crippen LogP contribution in [0.1, 0.15) is 12.8 Å². The fraction of sp³-hybridized carbons (Fsp3) is 0.0294. The third-order valence-electron chi connectivity index (χ3n) is 14.8. The van der Waals surface area contributed by atoms with Gasteiger partial charge in [-0.05, 0) is 138 Å². The van der Waals surface area contributed by atoms with Gasteiger partial charge < -0.3 is 9.13 Å². The van der Waals surface area contributed by atoms with Crippen LogP contribution in [0.25, 0.3) is 134 Å². The van der Waals surface area contributed by atoms with Crippen molar-refractivity contribution < 1.29 is 0 Å².